The van der Waals surface area contributed by atoms with Crippen LogP contribution in [0.4, 0.5) is 0 Å². The summed E-state index contributed by atoms with van der Waals surface area (Å²) < 4.78 is 6.20. The number of aliphatic hydroxyl groups is 1. The molecule has 219 valence electrons. The van der Waals surface area contributed by atoms with Gasteiger partial charge in [0.15, 0.2) is 5.78 Å². The molecule has 1 aliphatic rings. The summed E-state index contributed by atoms with van der Waals surface area (Å²) in [5.41, 5.74) is 3.74. The number of carbonyl (C=O) groups is 1. The quantitative estimate of drug-likeness (QED) is 0.103. The third-order valence-electron chi connectivity index (χ3n) is 9.21. The monoisotopic (exact) mass is 729 g/mol. The number of aromatic nitrogens is 1. The van der Waals surface area contributed by atoms with Gasteiger partial charge in [0.1, 0.15) is 11.5 Å². The third kappa shape index (κ3) is 6.12. The fraction of sp³-hybridized carbons (Fsp3) is 0.389. The maximum absolute atomic E-state index is 12.2. The van der Waals surface area contributed by atoms with E-state index >= 15 is 0 Å². The van der Waals surface area contributed by atoms with Crippen LogP contribution in [0.5, 0.6) is 11.5 Å². The van der Waals surface area contributed by atoms with Crippen LogP contribution in [0.25, 0.3) is 32.8 Å². The Morgan fingerprint density at radius 3 is 2.17 bits per heavy atom. The van der Waals surface area contributed by atoms with Gasteiger partial charge >= 0.3 is 0 Å². The Labute approximate surface area is 258 Å². The number of aliphatic hydroxyl groups excluding tert-OH is 1. The first-order valence-corrected chi connectivity index (χ1v) is 14.5. The number of carbonyl (C=O) groups excluding carboxylic acids is 1. The maximum atomic E-state index is 12.2. The summed E-state index contributed by atoms with van der Waals surface area (Å²) in [6.45, 7) is 16.3. The minimum Gasteiger partial charge on any atom is -0.512 e. The van der Waals surface area contributed by atoms with Gasteiger partial charge in [0, 0.05) is 54.3 Å². The second kappa shape index (κ2) is 12.9. The molecule has 0 saturated carbocycles. The molecular formula is C36H42IrNO3-. The molecule has 0 aliphatic carbocycles. The van der Waals surface area contributed by atoms with Crippen LogP contribution in [-0.2, 0) is 24.9 Å². The van der Waals surface area contributed by atoms with Crippen LogP contribution >= 0.6 is 0 Å². The van der Waals surface area contributed by atoms with E-state index in [-0.39, 0.29) is 42.5 Å². The van der Waals surface area contributed by atoms with Gasteiger partial charge in [-0.3, -0.25) is 9.78 Å². The van der Waals surface area contributed by atoms with E-state index in [1.165, 1.54) is 22.6 Å². The Morgan fingerprint density at radius 2 is 1.54 bits per heavy atom. The summed E-state index contributed by atoms with van der Waals surface area (Å²) in [6, 6.07) is 18.0. The van der Waals surface area contributed by atoms with Crippen molar-refractivity contribution < 1.29 is 34.7 Å². The van der Waals surface area contributed by atoms with E-state index in [4.69, 9.17) is 9.72 Å². The van der Waals surface area contributed by atoms with Crippen molar-refractivity contribution in [2.45, 2.75) is 81.1 Å². The Morgan fingerprint density at radius 1 is 0.902 bits per heavy atom. The molecule has 0 fully saturated rings. The van der Waals surface area contributed by atoms with Gasteiger partial charge < -0.3 is 9.84 Å². The van der Waals surface area contributed by atoms with Gasteiger partial charge in [0.2, 0.25) is 0 Å². The molecule has 0 atom stereocenters. The fourth-order valence-corrected chi connectivity index (χ4v) is 5.20. The molecule has 0 bridgehead atoms. The molecule has 1 N–H and O–H groups in total. The molecule has 4 nitrogen and oxygen atoms in total. The molecule has 1 radical (unpaired) electrons. The summed E-state index contributed by atoms with van der Waals surface area (Å²) in [7, 11) is 0. The Bertz CT molecular complexity index is 1590. The Kier molecular flexibility index (Phi) is 10.2. The van der Waals surface area contributed by atoms with E-state index in [1.807, 2.05) is 65.9 Å². The van der Waals surface area contributed by atoms with Gasteiger partial charge in [-0.25, -0.2) is 0 Å². The molecule has 0 unspecified atom stereocenters. The van der Waals surface area contributed by atoms with Gasteiger partial charge in [-0.15, -0.1) is 17.5 Å². The average molecular weight is 729 g/mol. The zero-order valence-electron chi connectivity index (χ0n) is 25.6. The number of nitrogens with zero attached hydrogens (tertiary/aromatic N) is 1. The summed E-state index contributed by atoms with van der Waals surface area (Å²) >= 11 is 0. The average Bonchev–Trinajstić information content (AvgIpc) is 2.97. The van der Waals surface area contributed by atoms with Crippen molar-refractivity contribution in [1.82, 2.24) is 4.98 Å². The van der Waals surface area contributed by atoms with Crippen molar-refractivity contribution in [3.05, 3.63) is 77.7 Å². The predicted molar refractivity (Wildman–Crippen MR) is 166 cm³/mol. The molecule has 0 amide bonds. The SMILES string of the molecule is CCC(C)(CC)C(=O)/C=C(\O)C(C)(CC)CC.Cc1ccc2c3c(ncc(C)c13)-c1[c-]c3ccccc3cc1O2.[Ir]. The van der Waals surface area contributed by atoms with Crippen LogP contribution in [0.1, 0.15) is 78.4 Å². The zero-order valence-corrected chi connectivity index (χ0v) is 28.0. The van der Waals surface area contributed by atoms with Crippen molar-refractivity contribution in [3.63, 3.8) is 0 Å². The minimum atomic E-state index is -0.337. The number of pyridine rings is 1. The summed E-state index contributed by atoms with van der Waals surface area (Å²) in [5.74, 6) is 2.00. The molecule has 4 aromatic rings. The topological polar surface area (TPSA) is 59.4 Å². The molecule has 0 saturated heterocycles. The first-order valence-electron chi connectivity index (χ1n) is 14.5. The number of fused-ring (bicyclic) bond motifs is 3. The zero-order chi connectivity index (χ0) is 29.2. The molecule has 0 spiro atoms. The summed E-state index contributed by atoms with van der Waals surface area (Å²) in [6.07, 6.45) is 6.71. The standard InChI is InChI=1S/C21H14NO.C15H28O2.Ir/c1-12-7-8-17-20-19(12)13(2)11-22-21(20)16-9-14-5-3-4-6-15(14)10-18(16)23-17;1-7-14(5,8-2)12(16)11-13(17)15(6,9-3)10-4;/h3-8,10-11H,1-2H3;11,16H,7-10H2,1-6H3;/q-1;;/b;12-11-;. The van der Waals surface area contributed by atoms with Gasteiger partial charge in [-0.05, 0) is 62.1 Å². The molecule has 3 aromatic carbocycles. The van der Waals surface area contributed by atoms with Gasteiger partial charge in [-0.1, -0.05) is 82.8 Å². The molecule has 2 heterocycles. The van der Waals surface area contributed by atoms with Crippen LogP contribution < -0.4 is 4.74 Å². The number of hydrogen-bond donors (Lipinski definition) is 1. The Hall–Kier alpha value is -3.01. The molecule has 1 aromatic heterocycles. The smallest absolute Gasteiger partial charge is 0.164 e. The first kappa shape index (κ1) is 32.5. The van der Waals surface area contributed by atoms with E-state index in [0.29, 0.717) is 0 Å². The van der Waals surface area contributed by atoms with E-state index in [9.17, 15) is 9.90 Å². The fourth-order valence-electron chi connectivity index (χ4n) is 5.20. The number of hydrogen-bond acceptors (Lipinski definition) is 4. The second-order valence-electron chi connectivity index (χ2n) is 11.5. The van der Waals surface area contributed by atoms with E-state index in [1.54, 1.807) is 0 Å². The normalized spacial score (nSPS) is 12.6. The molecule has 1 aliphatic heterocycles. The van der Waals surface area contributed by atoms with Crippen molar-refractivity contribution in [1.29, 1.82) is 0 Å². The molecule has 5 heteroatoms. The van der Waals surface area contributed by atoms with Crippen molar-refractivity contribution in [2.24, 2.45) is 10.8 Å². The number of rotatable bonds is 7. The molecule has 41 heavy (non-hydrogen) atoms. The van der Waals surface area contributed by atoms with E-state index in [0.717, 1.165) is 64.6 Å². The minimum absolute atomic E-state index is 0. The number of aryl methyl sites for hydroxylation is 2. The van der Waals surface area contributed by atoms with Gasteiger partial charge in [0.05, 0.1) is 5.75 Å². The molecule has 5 rings (SSSR count). The molecular weight excluding hydrogens is 687 g/mol. The Balaban J connectivity index is 0.000000233. The van der Waals surface area contributed by atoms with Crippen molar-refractivity contribution >= 4 is 27.3 Å². The van der Waals surface area contributed by atoms with Gasteiger partial charge in [-0.2, -0.15) is 0 Å². The van der Waals surface area contributed by atoms with Crippen LogP contribution in [0.2, 0.25) is 0 Å². The van der Waals surface area contributed by atoms with Crippen molar-refractivity contribution in [2.75, 3.05) is 0 Å². The first-order chi connectivity index (χ1) is 19.0. The van der Waals surface area contributed by atoms with Crippen LogP contribution in [-0.4, -0.2) is 15.9 Å². The number of benzene rings is 3. The largest absolute Gasteiger partial charge is 0.512 e. The third-order valence-corrected chi connectivity index (χ3v) is 9.21. The predicted octanol–water partition coefficient (Wildman–Crippen LogP) is 10.2. The van der Waals surface area contributed by atoms with Crippen LogP contribution in [0, 0.1) is 30.7 Å². The van der Waals surface area contributed by atoms with Gasteiger partial charge in [0.25, 0.3) is 0 Å². The number of allylic oxidation sites excluding steroid dienone is 2. The summed E-state index contributed by atoms with van der Waals surface area (Å²) in [5, 5.41) is 14.7. The maximum Gasteiger partial charge on any atom is 0.164 e. The van der Waals surface area contributed by atoms with Crippen molar-refractivity contribution in [3.8, 4) is 22.8 Å². The summed E-state index contributed by atoms with van der Waals surface area (Å²) in [4.78, 5) is 16.9. The van der Waals surface area contributed by atoms with E-state index in [2.05, 4.69) is 44.2 Å². The van der Waals surface area contributed by atoms with Crippen LogP contribution in [0.15, 0.2) is 60.5 Å². The van der Waals surface area contributed by atoms with Crippen LogP contribution in [0.3, 0.4) is 0 Å². The second-order valence-corrected chi connectivity index (χ2v) is 11.5. The number of ether oxygens (including phenoxy) is 1. The van der Waals surface area contributed by atoms with E-state index < -0.39 is 0 Å². The number of ketones is 1.